The third-order valence-electron chi connectivity index (χ3n) is 5.02. The lowest BCUT2D eigenvalue weighted by Crippen LogP contribution is -2.44. The van der Waals surface area contributed by atoms with Gasteiger partial charge >= 0.3 is 6.09 Å². The van der Waals surface area contributed by atoms with Gasteiger partial charge in [0.15, 0.2) is 23.2 Å². The highest BCUT2D eigenvalue weighted by molar-refractivity contribution is 6.39. The summed E-state index contributed by atoms with van der Waals surface area (Å²) in [5.41, 5.74) is 0.987. The second kappa shape index (κ2) is 10.0. The molecule has 2 aromatic rings. The summed E-state index contributed by atoms with van der Waals surface area (Å²) in [5, 5.41) is 7.86. The summed E-state index contributed by atoms with van der Waals surface area (Å²) in [6, 6.07) is 8.32. The van der Waals surface area contributed by atoms with Gasteiger partial charge in [-0.25, -0.2) is 18.0 Å². The van der Waals surface area contributed by atoms with Crippen LogP contribution in [-0.2, 0) is 20.7 Å². The molecule has 33 heavy (non-hydrogen) atoms. The summed E-state index contributed by atoms with van der Waals surface area (Å²) in [6.07, 6.45) is -0.521. The highest BCUT2D eigenvalue weighted by Crippen LogP contribution is 2.26. The molecule has 1 aliphatic rings. The number of ketones is 1. The zero-order chi connectivity index (χ0) is 24.2. The Labute approximate surface area is 189 Å². The quantitative estimate of drug-likeness (QED) is 0.359. The molecule has 2 aromatic carbocycles. The zero-order valence-corrected chi connectivity index (χ0v) is 18.5. The lowest BCUT2D eigenvalue weighted by atomic mass is 9.90. The molecule has 0 aromatic heterocycles. The van der Waals surface area contributed by atoms with E-state index < -0.39 is 23.5 Å². The molecule has 1 N–H and O–H groups in total. The highest BCUT2D eigenvalue weighted by Gasteiger charge is 2.34. The van der Waals surface area contributed by atoms with E-state index in [0.29, 0.717) is 24.5 Å². The average molecular weight is 463 g/mol. The number of ether oxygens (including phenoxy) is 2. The molecule has 1 heterocycles. The smallest absolute Gasteiger partial charge is 0.411 e. The summed E-state index contributed by atoms with van der Waals surface area (Å²) >= 11 is 0. The number of nitrogens with one attached hydrogen (secondary N) is 1. The van der Waals surface area contributed by atoms with E-state index in [2.05, 4.69) is 10.4 Å². The summed E-state index contributed by atoms with van der Waals surface area (Å²) in [7, 11) is 1.39. The number of carbonyl (C=O) groups excluding carboxylic acids is 2. The maximum atomic E-state index is 13.5. The van der Waals surface area contributed by atoms with Crippen molar-refractivity contribution in [1.29, 1.82) is 0 Å². The van der Waals surface area contributed by atoms with Crippen molar-refractivity contribution in [2.45, 2.75) is 20.3 Å². The Kier molecular flexibility index (Phi) is 7.37. The number of benzene rings is 2. The Balaban J connectivity index is 1.69. The van der Waals surface area contributed by atoms with E-state index in [4.69, 9.17) is 9.47 Å². The van der Waals surface area contributed by atoms with Crippen molar-refractivity contribution in [2.75, 3.05) is 37.2 Å². The summed E-state index contributed by atoms with van der Waals surface area (Å²) < 4.78 is 50.6. The van der Waals surface area contributed by atoms with Crippen LogP contribution in [0.3, 0.4) is 0 Å². The van der Waals surface area contributed by atoms with Crippen LogP contribution in [0.1, 0.15) is 19.4 Å². The number of hydrogen-bond acceptors (Lipinski definition) is 6. The van der Waals surface area contributed by atoms with E-state index in [1.165, 1.54) is 14.0 Å². The fourth-order valence-corrected chi connectivity index (χ4v) is 3.08. The molecule has 0 aliphatic carbocycles. The van der Waals surface area contributed by atoms with E-state index in [9.17, 15) is 22.8 Å². The van der Waals surface area contributed by atoms with Gasteiger partial charge < -0.3 is 9.47 Å². The fourth-order valence-electron chi connectivity index (χ4n) is 3.08. The number of anilines is 2. The Morgan fingerprint density at radius 3 is 2.42 bits per heavy atom. The summed E-state index contributed by atoms with van der Waals surface area (Å²) in [4.78, 5) is 24.2. The van der Waals surface area contributed by atoms with E-state index in [0.717, 1.165) is 17.1 Å². The molecule has 3 rings (SSSR count). The first kappa shape index (κ1) is 24.2. The molecule has 0 saturated carbocycles. The van der Waals surface area contributed by atoms with E-state index in [1.807, 2.05) is 6.92 Å². The van der Waals surface area contributed by atoms with Crippen LogP contribution in [0.25, 0.3) is 0 Å². The minimum atomic E-state index is -1.58. The van der Waals surface area contributed by atoms with Crippen molar-refractivity contribution in [3.8, 4) is 0 Å². The molecule has 1 fully saturated rings. The van der Waals surface area contributed by atoms with E-state index >= 15 is 0 Å². The van der Waals surface area contributed by atoms with Crippen LogP contribution >= 0.6 is 0 Å². The van der Waals surface area contributed by atoms with E-state index in [1.54, 1.807) is 24.3 Å². The number of nitrogens with zero attached hydrogens (tertiary/aromatic N) is 2. The molecule has 7 nitrogen and oxygen atoms in total. The van der Waals surface area contributed by atoms with Crippen molar-refractivity contribution in [1.82, 2.24) is 0 Å². The van der Waals surface area contributed by atoms with Gasteiger partial charge in [-0.15, -0.1) is 0 Å². The topological polar surface area (TPSA) is 80.2 Å². The SMILES string of the molecule is CC(=O)C(Cc1cccc(NC(=O)OCC2(C)COC2)c1)=NN(C)c1cc(F)c(F)c(F)c1. The molecule has 10 heteroatoms. The highest BCUT2D eigenvalue weighted by atomic mass is 19.2. The Bertz CT molecular complexity index is 1060. The lowest BCUT2D eigenvalue weighted by molar-refractivity contribution is -0.125. The zero-order valence-electron chi connectivity index (χ0n) is 18.5. The molecular weight excluding hydrogens is 439 g/mol. The predicted molar refractivity (Wildman–Crippen MR) is 117 cm³/mol. The second-order valence-corrected chi connectivity index (χ2v) is 8.23. The van der Waals surface area contributed by atoms with Gasteiger partial charge in [-0.2, -0.15) is 5.10 Å². The molecule has 0 radical (unpaired) electrons. The number of Topliss-reactive ketones (excluding diaryl/α,β-unsaturated/α-hetero) is 1. The molecule has 0 atom stereocenters. The first-order chi connectivity index (χ1) is 15.6. The molecule has 1 saturated heterocycles. The fraction of sp³-hybridized carbons (Fsp3) is 0.348. The van der Waals surface area contributed by atoms with Crippen LogP contribution in [0.5, 0.6) is 0 Å². The monoisotopic (exact) mass is 463 g/mol. The minimum Gasteiger partial charge on any atom is -0.449 e. The first-order valence-corrected chi connectivity index (χ1v) is 10.1. The van der Waals surface area contributed by atoms with Gasteiger partial charge in [0.25, 0.3) is 0 Å². The van der Waals surface area contributed by atoms with Gasteiger partial charge in [0.2, 0.25) is 0 Å². The van der Waals surface area contributed by atoms with Gasteiger partial charge in [0.1, 0.15) is 12.3 Å². The normalized spacial score (nSPS) is 14.9. The van der Waals surface area contributed by atoms with Gasteiger partial charge in [-0.1, -0.05) is 19.1 Å². The average Bonchev–Trinajstić information content (AvgIpc) is 2.74. The van der Waals surface area contributed by atoms with Gasteiger partial charge in [-0.3, -0.25) is 15.1 Å². The maximum Gasteiger partial charge on any atom is 0.411 e. The molecule has 0 spiro atoms. The number of rotatable bonds is 8. The summed E-state index contributed by atoms with van der Waals surface area (Å²) in [5.74, 6) is -4.67. The minimum absolute atomic E-state index is 0.0612. The maximum absolute atomic E-state index is 13.5. The van der Waals surface area contributed by atoms with Crippen molar-refractivity contribution in [2.24, 2.45) is 10.5 Å². The van der Waals surface area contributed by atoms with Crippen molar-refractivity contribution in [3.63, 3.8) is 0 Å². The Morgan fingerprint density at radius 1 is 1.18 bits per heavy atom. The molecule has 1 aliphatic heterocycles. The van der Waals surface area contributed by atoms with Gasteiger partial charge in [0, 0.05) is 43.6 Å². The van der Waals surface area contributed by atoms with Crippen LogP contribution < -0.4 is 10.3 Å². The number of hydrogen-bond donors (Lipinski definition) is 1. The second-order valence-electron chi connectivity index (χ2n) is 8.23. The van der Waals surface area contributed by atoms with E-state index in [-0.39, 0.29) is 35.6 Å². The molecule has 0 unspecified atom stereocenters. The largest absolute Gasteiger partial charge is 0.449 e. The van der Waals surface area contributed by atoms with Crippen molar-refractivity contribution in [3.05, 3.63) is 59.4 Å². The number of halogens is 3. The predicted octanol–water partition coefficient (Wildman–Crippen LogP) is 4.31. The third kappa shape index (κ3) is 6.32. The lowest BCUT2D eigenvalue weighted by Gasteiger charge is -2.37. The Hall–Kier alpha value is -3.40. The van der Waals surface area contributed by atoms with Crippen LogP contribution in [-0.4, -0.2) is 44.5 Å². The number of carbonyl (C=O) groups is 2. The van der Waals surface area contributed by atoms with Crippen LogP contribution in [0.2, 0.25) is 0 Å². The van der Waals surface area contributed by atoms with Crippen LogP contribution in [0.15, 0.2) is 41.5 Å². The third-order valence-corrected chi connectivity index (χ3v) is 5.02. The molecular formula is C23H24F3N3O4. The molecule has 176 valence electrons. The van der Waals surface area contributed by atoms with Crippen molar-refractivity contribution >= 4 is 29.0 Å². The standard InChI is InChI=1S/C23H24F3N3O4/c1-14(30)20(28-29(3)17-9-18(24)21(26)19(25)10-17)8-15-5-4-6-16(7-15)27-22(31)33-13-23(2)11-32-12-23/h4-7,9-10H,8,11-13H2,1-3H3,(H,27,31). The van der Waals surface area contributed by atoms with Gasteiger partial charge in [0.05, 0.1) is 18.9 Å². The van der Waals surface area contributed by atoms with Crippen molar-refractivity contribution < 1.29 is 32.2 Å². The number of hydrazone groups is 1. The van der Waals surface area contributed by atoms with Gasteiger partial charge in [-0.05, 0) is 17.7 Å². The summed E-state index contributed by atoms with van der Waals surface area (Å²) in [6.45, 7) is 4.57. The molecule has 0 bridgehead atoms. The first-order valence-electron chi connectivity index (χ1n) is 10.1. The Morgan fingerprint density at radius 2 is 1.85 bits per heavy atom. The molecule has 1 amide bonds. The van der Waals surface area contributed by atoms with Crippen LogP contribution in [0.4, 0.5) is 29.3 Å². The van der Waals surface area contributed by atoms with Crippen LogP contribution in [0, 0.1) is 22.9 Å². The number of amides is 1.